The fraction of sp³-hybridized carbons (Fsp3) is 0.636. The highest BCUT2D eigenvalue weighted by Gasteiger charge is 2.45. The van der Waals surface area contributed by atoms with Crippen molar-refractivity contribution in [1.29, 1.82) is 0 Å². The van der Waals surface area contributed by atoms with Crippen molar-refractivity contribution in [3.05, 3.63) is 35.5 Å². The molecular weight excluding hydrogens is 312 g/mol. The minimum atomic E-state index is -0.266. The predicted molar refractivity (Wildman–Crippen MR) is 101 cm³/mol. The van der Waals surface area contributed by atoms with E-state index >= 15 is 0 Å². The molecule has 2 aliphatic rings. The smallest absolute Gasteiger partial charge is 0.302 e. The first kappa shape index (κ1) is 19.7. The van der Waals surface area contributed by atoms with Gasteiger partial charge < -0.3 is 4.74 Å². The molecule has 0 aromatic rings. The second-order valence-corrected chi connectivity index (χ2v) is 7.96. The van der Waals surface area contributed by atoms with Gasteiger partial charge in [-0.25, -0.2) is 0 Å². The van der Waals surface area contributed by atoms with Crippen LogP contribution < -0.4 is 0 Å². The first-order chi connectivity index (χ1) is 11.8. The van der Waals surface area contributed by atoms with Crippen LogP contribution in [-0.4, -0.2) is 18.4 Å². The minimum Gasteiger partial charge on any atom is -0.461 e. The molecule has 25 heavy (non-hydrogen) atoms. The van der Waals surface area contributed by atoms with E-state index in [-0.39, 0.29) is 23.9 Å². The Hall–Kier alpha value is -1.64. The summed E-state index contributed by atoms with van der Waals surface area (Å²) in [6.07, 6.45) is 9.91. The largest absolute Gasteiger partial charge is 0.461 e. The Balaban J connectivity index is 2.31. The Morgan fingerprint density at radius 1 is 1.40 bits per heavy atom. The van der Waals surface area contributed by atoms with E-state index in [1.54, 1.807) is 0 Å². The van der Waals surface area contributed by atoms with Gasteiger partial charge >= 0.3 is 5.97 Å². The standard InChI is InChI=1S/C22H32O3/c1-14(2)7-6-8-15(3)19-11-9-16(4)20-12-10-18(13-23)21(19)22(20)25-17(5)24/h7,10,13,15,19-22H,4,6,8-9,11-12H2,1-3,5H3/t15-,19?,20?,21?,22?/m0/s1. The van der Waals surface area contributed by atoms with Crippen LogP contribution in [0.5, 0.6) is 0 Å². The van der Waals surface area contributed by atoms with E-state index in [1.807, 2.05) is 0 Å². The Kier molecular flexibility index (Phi) is 6.80. The maximum Gasteiger partial charge on any atom is 0.302 e. The molecule has 2 bridgehead atoms. The Morgan fingerprint density at radius 2 is 2.12 bits per heavy atom. The van der Waals surface area contributed by atoms with Gasteiger partial charge in [0.2, 0.25) is 0 Å². The fourth-order valence-electron chi connectivity index (χ4n) is 4.54. The van der Waals surface area contributed by atoms with Crippen molar-refractivity contribution in [2.24, 2.45) is 23.7 Å². The van der Waals surface area contributed by atoms with E-state index in [4.69, 9.17) is 4.74 Å². The fourth-order valence-corrected chi connectivity index (χ4v) is 4.54. The van der Waals surface area contributed by atoms with E-state index in [1.165, 1.54) is 12.5 Å². The summed E-state index contributed by atoms with van der Waals surface area (Å²) in [5.74, 6) is 0.687. The molecule has 4 unspecified atom stereocenters. The zero-order valence-electron chi connectivity index (χ0n) is 16.1. The zero-order valence-corrected chi connectivity index (χ0v) is 16.1. The molecule has 0 aliphatic heterocycles. The summed E-state index contributed by atoms with van der Waals surface area (Å²) in [5.41, 5.74) is 3.32. The molecule has 3 nitrogen and oxygen atoms in total. The van der Waals surface area contributed by atoms with E-state index in [9.17, 15) is 9.59 Å². The van der Waals surface area contributed by atoms with Gasteiger partial charge in [-0.15, -0.1) is 0 Å². The molecule has 0 aromatic heterocycles. The number of rotatable bonds is 6. The third kappa shape index (κ3) is 4.71. The van der Waals surface area contributed by atoms with Crippen molar-refractivity contribution >= 4 is 12.3 Å². The van der Waals surface area contributed by atoms with Gasteiger partial charge in [-0.2, -0.15) is 0 Å². The van der Waals surface area contributed by atoms with Crippen LogP contribution in [0, 0.1) is 23.7 Å². The number of carbonyl (C=O) groups excluding carboxylic acids is 2. The maximum atomic E-state index is 11.7. The van der Waals surface area contributed by atoms with Crippen LogP contribution in [0.3, 0.4) is 0 Å². The molecule has 2 aliphatic carbocycles. The van der Waals surface area contributed by atoms with Crippen molar-refractivity contribution < 1.29 is 14.3 Å². The van der Waals surface area contributed by atoms with E-state index in [2.05, 4.69) is 39.5 Å². The van der Waals surface area contributed by atoms with Gasteiger partial charge in [-0.1, -0.05) is 36.8 Å². The molecule has 0 N–H and O–H groups in total. The predicted octanol–water partition coefficient (Wildman–Crippen LogP) is 5.03. The van der Waals surface area contributed by atoms with Crippen LogP contribution in [-0.2, 0) is 14.3 Å². The number of hydrogen-bond donors (Lipinski definition) is 0. The van der Waals surface area contributed by atoms with Crippen LogP contribution in [0.25, 0.3) is 0 Å². The molecule has 3 heteroatoms. The van der Waals surface area contributed by atoms with Crippen LogP contribution >= 0.6 is 0 Å². The quantitative estimate of drug-likeness (QED) is 0.386. The number of aldehydes is 1. The molecule has 0 amide bonds. The lowest BCUT2D eigenvalue weighted by atomic mass is 9.68. The third-order valence-corrected chi connectivity index (χ3v) is 5.87. The Labute approximate surface area is 152 Å². The lowest BCUT2D eigenvalue weighted by molar-refractivity contribution is -0.153. The second kappa shape index (κ2) is 8.64. The average molecular weight is 344 g/mol. The minimum absolute atomic E-state index is 0.00102. The molecule has 5 atom stereocenters. The normalized spacial score (nSPS) is 29.9. The van der Waals surface area contributed by atoms with Gasteiger partial charge in [0.1, 0.15) is 12.4 Å². The monoisotopic (exact) mass is 344 g/mol. The van der Waals surface area contributed by atoms with Crippen molar-refractivity contribution in [2.45, 2.75) is 65.9 Å². The van der Waals surface area contributed by atoms with Crippen LogP contribution in [0.1, 0.15) is 59.8 Å². The summed E-state index contributed by atoms with van der Waals surface area (Å²) in [6, 6.07) is 0. The number of ether oxygens (including phenoxy) is 1. The highest BCUT2D eigenvalue weighted by Crippen LogP contribution is 2.47. The molecule has 0 saturated heterocycles. The average Bonchev–Trinajstić information content (AvgIpc) is 2.62. The summed E-state index contributed by atoms with van der Waals surface area (Å²) >= 11 is 0. The molecule has 2 rings (SSSR count). The number of carbonyl (C=O) groups is 2. The van der Waals surface area contributed by atoms with Crippen LogP contribution in [0.4, 0.5) is 0 Å². The highest BCUT2D eigenvalue weighted by atomic mass is 16.5. The Morgan fingerprint density at radius 3 is 2.72 bits per heavy atom. The lowest BCUT2D eigenvalue weighted by Crippen LogP contribution is -2.41. The van der Waals surface area contributed by atoms with E-state index in [0.717, 1.165) is 49.5 Å². The van der Waals surface area contributed by atoms with Gasteiger partial charge in [-0.3, -0.25) is 9.59 Å². The molecule has 0 aromatic carbocycles. The maximum absolute atomic E-state index is 11.7. The Bertz CT molecular complexity index is 580. The molecule has 0 spiro atoms. The molecule has 0 heterocycles. The first-order valence-corrected chi connectivity index (χ1v) is 9.48. The SMILES string of the molecule is C=C1CCC([C@@H](C)CCC=C(C)C)C2C(C=O)=CCC1C2OC(C)=O. The van der Waals surface area contributed by atoms with Crippen molar-refractivity contribution in [3.63, 3.8) is 0 Å². The number of allylic oxidation sites excluding steroid dienone is 3. The first-order valence-electron chi connectivity index (χ1n) is 9.48. The van der Waals surface area contributed by atoms with Crippen molar-refractivity contribution in [1.82, 2.24) is 0 Å². The van der Waals surface area contributed by atoms with Crippen LogP contribution in [0.15, 0.2) is 35.5 Å². The summed E-state index contributed by atoms with van der Waals surface area (Å²) in [7, 11) is 0. The van der Waals surface area contributed by atoms with Gasteiger partial charge in [0, 0.05) is 18.8 Å². The van der Waals surface area contributed by atoms with Gasteiger partial charge in [0.15, 0.2) is 0 Å². The molecule has 0 radical (unpaired) electrons. The third-order valence-electron chi connectivity index (χ3n) is 5.87. The summed E-state index contributed by atoms with van der Waals surface area (Å²) < 4.78 is 5.75. The van der Waals surface area contributed by atoms with Crippen LogP contribution in [0.2, 0.25) is 0 Å². The molecule has 1 fully saturated rings. The lowest BCUT2D eigenvalue weighted by Gasteiger charge is -2.40. The summed E-state index contributed by atoms with van der Waals surface area (Å²) in [6.45, 7) is 12.2. The van der Waals surface area contributed by atoms with E-state index in [0.29, 0.717) is 11.8 Å². The topological polar surface area (TPSA) is 43.4 Å². The number of fused-ring (bicyclic) bond motifs is 2. The van der Waals surface area contributed by atoms with Gasteiger partial charge in [0.05, 0.1) is 0 Å². The van der Waals surface area contributed by atoms with Gasteiger partial charge in [0.25, 0.3) is 0 Å². The highest BCUT2D eigenvalue weighted by molar-refractivity contribution is 5.75. The molecule has 138 valence electrons. The number of esters is 1. The van der Waals surface area contributed by atoms with Gasteiger partial charge in [-0.05, 0) is 63.4 Å². The summed E-state index contributed by atoms with van der Waals surface area (Å²) in [4.78, 5) is 23.4. The molecular formula is C22H32O3. The zero-order chi connectivity index (χ0) is 18.6. The number of hydrogen-bond acceptors (Lipinski definition) is 3. The van der Waals surface area contributed by atoms with E-state index < -0.39 is 0 Å². The molecule has 1 saturated carbocycles. The summed E-state index contributed by atoms with van der Waals surface area (Å²) in [5, 5.41) is 0. The van der Waals surface area contributed by atoms with Crippen molar-refractivity contribution in [3.8, 4) is 0 Å². The van der Waals surface area contributed by atoms with Crippen molar-refractivity contribution in [2.75, 3.05) is 0 Å². The second-order valence-electron chi connectivity index (χ2n) is 7.96.